The van der Waals surface area contributed by atoms with Gasteiger partial charge in [0.05, 0.1) is 19.6 Å². The molecule has 0 aliphatic rings. The molecule has 0 aromatic heterocycles. The Morgan fingerprint density at radius 3 is 1.33 bits per heavy atom. The predicted octanol–water partition coefficient (Wildman–Crippen LogP) is 9.72. The molecule has 0 aliphatic heterocycles. The minimum atomic E-state index is -0.377. The van der Waals surface area contributed by atoms with Gasteiger partial charge >= 0.3 is 5.97 Å². The van der Waals surface area contributed by atoms with Gasteiger partial charge in [-0.05, 0) is 12.8 Å². The Bertz CT molecular complexity index is 471. The van der Waals surface area contributed by atoms with E-state index in [0.717, 1.165) is 19.4 Å². The largest absolute Gasteiger partial charge is 0.463 e. The Labute approximate surface area is 243 Å². The molecule has 0 aromatic rings. The van der Waals surface area contributed by atoms with E-state index in [9.17, 15) is 4.79 Å². The van der Waals surface area contributed by atoms with Crippen LogP contribution in [0.1, 0.15) is 174 Å². The van der Waals surface area contributed by atoms with Crippen LogP contribution in [0.3, 0.4) is 0 Å². The van der Waals surface area contributed by atoms with E-state index < -0.39 is 0 Å². The molecule has 0 bridgehead atoms. The number of hydrogen-bond donors (Lipinski definition) is 1. The fourth-order valence-corrected chi connectivity index (χ4v) is 4.95. The van der Waals surface area contributed by atoms with Crippen molar-refractivity contribution in [1.29, 1.82) is 0 Å². The average Bonchev–Trinajstić information content (AvgIpc) is 2.94. The van der Waals surface area contributed by atoms with E-state index in [1.165, 1.54) is 141 Å². The zero-order valence-electron chi connectivity index (χ0n) is 26.4. The highest BCUT2D eigenvalue weighted by Gasteiger charge is 2.13. The molecule has 5 heteroatoms. The van der Waals surface area contributed by atoms with E-state index in [1.807, 2.05) is 0 Å². The molecule has 0 radical (unpaired) electrons. The third-order valence-electron chi connectivity index (χ3n) is 7.54. The van der Waals surface area contributed by atoms with Gasteiger partial charge in [-0.1, -0.05) is 155 Å². The second kappa shape index (κ2) is 33.6. The monoisotopic (exact) mass is 557 g/mol. The Morgan fingerprint density at radius 1 is 0.538 bits per heavy atom. The number of rotatable bonds is 33. The molecule has 0 saturated heterocycles. The van der Waals surface area contributed by atoms with Gasteiger partial charge in [0.2, 0.25) is 0 Å². The van der Waals surface area contributed by atoms with Crippen molar-refractivity contribution in [3.05, 3.63) is 0 Å². The van der Waals surface area contributed by atoms with Gasteiger partial charge in [-0.3, -0.25) is 4.79 Å². The van der Waals surface area contributed by atoms with Gasteiger partial charge in [0, 0.05) is 13.2 Å². The van der Waals surface area contributed by atoms with Gasteiger partial charge in [-0.2, -0.15) is 0 Å². The number of aliphatic hydroxyl groups is 1. The SMILES string of the molecule is CCCCCCCCCCCCCCOCC(COC(=O)CCO)OCCCCCCCCCCCCCC. The van der Waals surface area contributed by atoms with Crippen LogP contribution in [0.15, 0.2) is 0 Å². The summed E-state index contributed by atoms with van der Waals surface area (Å²) in [6.07, 6.45) is 31.7. The van der Waals surface area contributed by atoms with Crippen molar-refractivity contribution in [2.75, 3.05) is 33.0 Å². The number of esters is 1. The van der Waals surface area contributed by atoms with Crippen LogP contribution in [0.4, 0.5) is 0 Å². The molecule has 0 saturated carbocycles. The summed E-state index contributed by atoms with van der Waals surface area (Å²) >= 11 is 0. The van der Waals surface area contributed by atoms with E-state index in [-0.39, 0.29) is 31.7 Å². The van der Waals surface area contributed by atoms with Crippen molar-refractivity contribution in [2.45, 2.75) is 180 Å². The maximum Gasteiger partial charge on any atom is 0.308 e. The number of unbranched alkanes of at least 4 members (excludes halogenated alkanes) is 22. The van der Waals surface area contributed by atoms with Gasteiger partial charge < -0.3 is 19.3 Å². The molecular weight excluding hydrogens is 488 g/mol. The van der Waals surface area contributed by atoms with Crippen LogP contribution in [0.25, 0.3) is 0 Å². The van der Waals surface area contributed by atoms with Crippen molar-refractivity contribution in [3.63, 3.8) is 0 Å². The molecule has 1 N–H and O–H groups in total. The maximum atomic E-state index is 11.7. The topological polar surface area (TPSA) is 65.0 Å². The summed E-state index contributed by atoms with van der Waals surface area (Å²) in [4.78, 5) is 11.7. The Hall–Kier alpha value is -0.650. The smallest absolute Gasteiger partial charge is 0.308 e. The molecule has 0 fully saturated rings. The lowest BCUT2D eigenvalue weighted by Crippen LogP contribution is -2.28. The van der Waals surface area contributed by atoms with E-state index in [0.29, 0.717) is 13.2 Å². The van der Waals surface area contributed by atoms with Crippen LogP contribution in [-0.4, -0.2) is 50.2 Å². The first-order valence-electron chi connectivity index (χ1n) is 17.2. The van der Waals surface area contributed by atoms with Crippen LogP contribution in [0.5, 0.6) is 0 Å². The van der Waals surface area contributed by atoms with Gasteiger partial charge in [0.25, 0.3) is 0 Å². The maximum absolute atomic E-state index is 11.7. The lowest BCUT2D eigenvalue weighted by atomic mass is 10.1. The number of hydrogen-bond acceptors (Lipinski definition) is 5. The minimum absolute atomic E-state index is 0.0329. The van der Waals surface area contributed by atoms with Crippen molar-refractivity contribution >= 4 is 5.97 Å². The van der Waals surface area contributed by atoms with E-state index in [4.69, 9.17) is 19.3 Å². The Kier molecular flexibility index (Phi) is 33.0. The summed E-state index contributed by atoms with van der Waals surface area (Å²) in [5, 5.41) is 8.92. The first-order chi connectivity index (χ1) is 19.2. The third-order valence-corrected chi connectivity index (χ3v) is 7.54. The van der Waals surface area contributed by atoms with Gasteiger partial charge in [-0.25, -0.2) is 0 Å². The summed E-state index contributed by atoms with van der Waals surface area (Å²) in [5.74, 6) is -0.377. The van der Waals surface area contributed by atoms with Crippen LogP contribution >= 0.6 is 0 Å². The molecule has 5 nitrogen and oxygen atoms in total. The van der Waals surface area contributed by atoms with Gasteiger partial charge in [0.1, 0.15) is 12.7 Å². The van der Waals surface area contributed by atoms with Crippen molar-refractivity contribution in [3.8, 4) is 0 Å². The lowest BCUT2D eigenvalue weighted by Gasteiger charge is -2.18. The second-order valence-electron chi connectivity index (χ2n) is 11.5. The summed E-state index contributed by atoms with van der Waals surface area (Å²) in [5.41, 5.74) is 0. The average molecular weight is 557 g/mol. The quantitative estimate of drug-likeness (QED) is 0.0644. The van der Waals surface area contributed by atoms with Crippen LogP contribution in [0, 0.1) is 0 Å². The van der Waals surface area contributed by atoms with Crippen LogP contribution in [0.2, 0.25) is 0 Å². The van der Waals surface area contributed by atoms with Crippen molar-refractivity contribution in [1.82, 2.24) is 0 Å². The molecule has 1 atom stereocenters. The van der Waals surface area contributed by atoms with Crippen LogP contribution < -0.4 is 0 Å². The first-order valence-corrected chi connectivity index (χ1v) is 17.2. The van der Waals surface area contributed by atoms with Gasteiger partial charge in [0.15, 0.2) is 0 Å². The fraction of sp³-hybridized carbons (Fsp3) is 0.971. The second-order valence-corrected chi connectivity index (χ2v) is 11.5. The third kappa shape index (κ3) is 31.7. The highest BCUT2D eigenvalue weighted by molar-refractivity contribution is 5.69. The number of ether oxygens (including phenoxy) is 3. The van der Waals surface area contributed by atoms with Crippen molar-refractivity contribution < 1.29 is 24.1 Å². The molecule has 0 amide bonds. The minimum Gasteiger partial charge on any atom is -0.463 e. The summed E-state index contributed by atoms with van der Waals surface area (Å²) in [6, 6.07) is 0. The molecule has 234 valence electrons. The summed E-state index contributed by atoms with van der Waals surface area (Å²) < 4.78 is 17.2. The lowest BCUT2D eigenvalue weighted by molar-refractivity contribution is -0.150. The summed E-state index contributed by atoms with van der Waals surface area (Å²) in [7, 11) is 0. The standard InChI is InChI=1S/C34H68O5/c1-3-5-7-9-11-13-15-17-19-21-23-25-29-37-31-33(32-39-34(36)27-28-35)38-30-26-24-22-20-18-16-14-12-10-8-6-4-2/h33,35H,3-32H2,1-2H3. The number of carbonyl (C=O) groups excluding carboxylic acids is 1. The van der Waals surface area contributed by atoms with Gasteiger partial charge in [-0.15, -0.1) is 0 Å². The molecule has 39 heavy (non-hydrogen) atoms. The van der Waals surface area contributed by atoms with E-state index in [1.54, 1.807) is 0 Å². The Balaban J connectivity index is 3.75. The number of aliphatic hydroxyl groups excluding tert-OH is 1. The molecule has 0 aliphatic carbocycles. The van der Waals surface area contributed by atoms with E-state index in [2.05, 4.69) is 13.8 Å². The predicted molar refractivity (Wildman–Crippen MR) is 165 cm³/mol. The first kappa shape index (κ1) is 38.4. The molecule has 1 unspecified atom stereocenters. The normalized spacial score (nSPS) is 12.2. The number of carbonyl (C=O) groups is 1. The molecule has 0 aromatic carbocycles. The van der Waals surface area contributed by atoms with Crippen molar-refractivity contribution in [2.24, 2.45) is 0 Å². The van der Waals surface area contributed by atoms with Crippen LogP contribution in [-0.2, 0) is 19.0 Å². The molecule has 0 spiro atoms. The zero-order chi connectivity index (χ0) is 28.5. The highest BCUT2D eigenvalue weighted by atomic mass is 16.6. The van der Waals surface area contributed by atoms with E-state index >= 15 is 0 Å². The molecular formula is C34H68O5. The zero-order valence-corrected chi connectivity index (χ0v) is 26.4. The molecule has 0 heterocycles. The summed E-state index contributed by atoms with van der Waals surface area (Å²) in [6.45, 7) is 6.45. The fourth-order valence-electron chi connectivity index (χ4n) is 4.95. The Morgan fingerprint density at radius 2 is 0.923 bits per heavy atom. The molecule has 0 rings (SSSR count). The highest BCUT2D eigenvalue weighted by Crippen LogP contribution is 2.13.